The normalized spacial score (nSPS) is 13.4. The van der Waals surface area contributed by atoms with E-state index in [1.54, 1.807) is 13.8 Å². The van der Waals surface area contributed by atoms with E-state index in [-0.39, 0.29) is 11.2 Å². The van der Waals surface area contributed by atoms with Crippen LogP contribution in [0, 0.1) is 0 Å². The molecule has 0 aliphatic rings. The lowest BCUT2D eigenvalue weighted by atomic mass is 9.77. The Morgan fingerprint density at radius 2 is 1.76 bits per heavy atom. The molecule has 0 saturated carbocycles. The van der Waals surface area contributed by atoms with Gasteiger partial charge in [-0.25, -0.2) is 0 Å². The summed E-state index contributed by atoms with van der Waals surface area (Å²) in [5.74, 6) is 0. The van der Waals surface area contributed by atoms with Crippen molar-refractivity contribution in [1.29, 1.82) is 0 Å². The van der Waals surface area contributed by atoms with Gasteiger partial charge in [-0.3, -0.25) is 4.98 Å². The highest BCUT2D eigenvalue weighted by molar-refractivity contribution is 6.59. The second-order valence-corrected chi connectivity index (χ2v) is 5.91. The van der Waals surface area contributed by atoms with E-state index < -0.39 is 30.9 Å². The Morgan fingerprint density at radius 1 is 1.19 bits per heavy atom. The van der Waals surface area contributed by atoms with Crippen molar-refractivity contribution in [2.45, 2.75) is 51.5 Å². The number of aliphatic hydroxyl groups is 1. The maximum atomic E-state index is 12.2. The molecule has 118 valence electrons. The molecule has 8 heteroatoms. The van der Waals surface area contributed by atoms with Crippen LogP contribution in [0.15, 0.2) is 18.3 Å². The van der Waals surface area contributed by atoms with Gasteiger partial charge in [0.15, 0.2) is 0 Å². The van der Waals surface area contributed by atoms with Gasteiger partial charge in [0.1, 0.15) is 0 Å². The topological polar surface area (TPSA) is 62.6 Å². The van der Waals surface area contributed by atoms with Crippen molar-refractivity contribution >= 4 is 12.6 Å². The van der Waals surface area contributed by atoms with Gasteiger partial charge in [-0.15, -0.1) is 0 Å². The van der Waals surface area contributed by atoms with Crippen molar-refractivity contribution in [3.05, 3.63) is 24.0 Å². The Labute approximate surface area is 122 Å². The molecule has 0 fully saturated rings. The molecule has 0 spiro atoms. The first-order chi connectivity index (χ1) is 9.32. The Hall–Kier alpha value is -1.12. The Morgan fingerprint density at radius 3 is 2.14 bits per heavy atom. The molecule has 1 rings (SSSR count). The molecule has 0 aliphatic heterocycles. The highest BCUT2D eigenvalue weighted by Crippen LogP contribution is 2.25. The molecule has 0 aromatic carbocycles. The van der Waals surface area contributed by atoms with Crippen LogP contribution in [0.3, 0.4) is 0 Å². The zero-order valence-corrected chi connectivity index (χ0v) is 12.4. The first-order valence-corrected chi connectivity index (χ1v) is 6.42. The third-order valence-corrected chi connectivity index (χ3v) is 3.39. The highest BCUT2D eigenvalue weighted by Gasteiger charge is 2.39. The van der Waals surface area contributed by atoms with E-state index >= 15 is 0 Å². The first kappa shape index (κ1) is 17.9. The fourth-order valence-corrected chi connectivity index (χ4v) is 1.38. The van der Waals surface area contributed by atoms with Gasteiger partial charge in [0.2, 0.25) is 0 Å². The summed E-state index contributed by atoms with van der Waals surface area (Å²) in [6, 6.07) is 2.51. The standard InChI is InChI=1S/C13H19BF3NO3/c1-11(2,19)12(3,4)21-14(20)9-5-6-10(18-8-9)7-13(15,16)17/h5-6,8,19-20H,7H2,1-4H3. The van der Waals surface area contributed by atoms with E-state index in [2.05, 4.69) is 4.98 Å². The van der Waals surface area contributed by atoms with Crippen molar-refractivity contribution in [3.8, 4) is 0 Å². The Balaban J connectivity index is 2.78. The van der Waals surface area contributed by atoms with Crippen LogP contribution in [-0.4, -0.2) is 39.6 Å². The van der Waals surface area contributed by atoms with E-state index in [9.17, 15) is 23.3 Å². The molecular weight excluding hydrogens is 286 g/mol. The summed E-state index contributed by atoms with van der Waals surface area (Å²) >= 11 is 0. The van der Waals surface area contributed by atoms with Gasteiger partial charge in [-0.2, -0.15) is 13.2 Å². The van der Waals surface area contributed by atoms with Crippen LogP contribution < -0.4 is 5.46 Å². The number of hydrogen-bond donors (Lipinski definition) is 2. The molecule has 1 aromatic heterocycles. The van der Waals surface area contributed by atoms with Crippen LogP contribution in [-0.2, 0) is 11.1 Å². The molecule has 0 atom stereocenters. The van der Waals surface area contributed by atoms with E-state index in [4.69, 9.17) is 4.65 Å². The van der Waals surface area contributed by atoms with Crippen LogP contribution in [0.2, 0.25) is 0 Å². The molecule has 0 amide bonds. The molecule has 1 heterocycles. The molecule has 4 nitrogen and oxygen atoms in total. The minimum atomic E-state index is -4.33. The number of hydrogen-bond acceptors (Lipinski definition) is 4. The number of pyridine rings is 1. The van der Waals surface area contributed by atoms with E-state index in [0.717, 1.165) is 6.20 Å². The molecule has 0 unspecified atom stereocenters. The predicted octanol–water partition coefficient (Wildman–Crippen LogP) is 1.44. The SMILES string of the molecule is CC(C)(O)C(C)(C)OB(O)c1ccc(CC(F)(F)F)nc1. The molecule has 21 heavy (non-hydrogen) atoms. The van der Waals surface area contributed by atoms with E-state index in [1.165, 1.54) is 26.0 Å². The first-order valence-electron chi connectivity index (χ1n) is 6.42. The number of halogens is 3. The van der Waals surface area contributed by atoms with Crippen LogP contribution in [0.5, 0.6) is 0 Å². The van der Waals surface area contributed by atoms with Gasteiger partial charge in [0, 0.05) is 17.4 Å². The molecule has 2 N–H and O–H groups in total. The third-order valence-electron chi connectivity index (χ3n) is 3.39. The fraction of sp³-hybridized carbons (Fsp3) is 0.615. The van der Waals surface area contributed by atoms with E-state index in [0.29, 0.717) is 0 Å². The van der Waals surface area contributed by atoms with Crippen LogP contribution in [0.1, 0.15) is 33.4 Å². The van der Waals surface area contributed by atoms with Crippen LogP contribution in [0.25, 0.3) is 0 Å². The minimum absolute atomic E-state index is 0.139. The lowest BCUT2D eigenvalue weighted by Gasteiger charge is -2.38. The zero-order valence-electron chi connectivity index (χ0n) is 12.4. The Bertz CT molecular complexity index is 469. The largest absolute Gasteiger partial charge is 0.493 e. The van der Waals surface area contributed by atoms with Crippen molar-refractivity contribution < 1.29 is 28.0 Å². The maximum absolute atomic E-state index is 12.2. The predicted molar refractivity (Wildman–Crippen MR) is 73.1 cm³/mol. The average Bonchev–Trinajstić information content (AvgIpc) is 2.25. The second-order valence-electron chi connectivity index (χ2n) is 5.91. The van der Waals surface area contributed by atoms with Gasteiger partial charge < -0.3 is 14.8 Å². The van der Waals surface area contributed by atoms with Crippen molar-refractivity contribution in [1.82, 2.24) is 4.98 Å². The average molecular weight is 305 g/mol. The quantitative estimate of drug-likeness (QED) is 0.808. The summed E-state index contributed by atoms with van der Waals surface area (Å²) in [5, 5.41) is 19.9. The number of alkyl halides is 3. The van der Waals surface area contributed by atoms with Crippen molar-refractivity contribution in [2.75, 3.05) is 0 Å². The summed E-state index contributed by atoms with van der Waals surface area (Å²) in [6.45, 7) is 6.26. The second kappa shape index (κ2) is 5.94. The van der Waals surface area contributed by atoms with Crippen LogP contribution in [0.4, 0.5) is 13.2 Å². The summed E-state index contributed by atoms with van der Waals surface area (Å²) in [6.07, 6.45) is -4.32. The zero-order chi connectivity index (χ0) is 16.5. The molecule has 0 aliphatic carbocycles. The molecule has 0 bridgehead atoms. The minimum Gasteiger partial charge on any atom is -0.423 e. The molecular formula is C13H19BF3NO3. The lowest BCUT2D eigenvalue weighted by Crippen LogP contribution is -2.53. The summed E-state index contributed by atoms with van der Waals surface area (Å²) in [7, 11) is -1.39. The maximum Gasteiger partial charge on any atom is 0.493 e. The van der Waals surface area contributed by atoms with Gasteiger partial charge >= 0.3 is 13.3 Å². The molecule has 0 saturated heterocycles. The number of rotatable bonds is 5. The van der Waals surface area contributed by atoms with E-state index in [1.807, 2.05) is 0 Å². The Kier molecular flexibility index (Phi) is 5.07. The third kappa shape index (κ3) is 5.30. The van der Waals surface area contributed by atoms with Crippen LogP contribution >= 0.6 is 0 Å². The number of aromatic nitrogens is 1. The van der Waals surface area contributed by atoms with Gasteiger partial charge in [-0.1, -0.05) is 6.07 Å². The van der Waals surface area contributed by atoms with Crippen molar-refractivity contribution in [2.24, 2.45) is 0 Å². The van der Waals surface area contributed by atoms with Gasteiger partial charge in [0.05, 0.1) is 17.6 Å². The summed E-state index contributed by atoms with van der Waals surface area (Å²) in [4.78, 5) is 3.65. The lowest BCUT2D eigenvalue weighted by molar-refractivity contribution is -0.127. The molecule has 0 radical (unpaired) electrons. The summed E-state index contributed by atoms with van der Waals surface area (Å²) in [5.41, 5.74) is -2.19. The number of nitrogens with zero attached hydrogens (tertiary/aromatic N) is 1. The monoisotopic (exact) mass is 305 g/mol. The summed E-state index contributed by atoms with van der Waals surface area (Å²) < 4.78 is 42.0. The smallest absolute Gasteiger partial charge is 0.423 e. The van der Waals surface area contributed by atoms with Crippen molar-refractivity contribution in [3.63, 3.8) is 0 Å². The van der Waals surface area contributed by atoms with Gasteiger partial charge in [-0.05, 0) is 33.8 Å². The van der Waals surface area contributed by atoms with Gasteiger partial charge in [0.25, 0.3) is 0 Å². The highest BCUT2D eigenvalue weighted by atomic mass is 19.4. The molecule has 1 aromatic rings. The fourth-order valence-electron chi connectivity index (χ4n) is 1.38.